The maximum absolute atomic E-state index is 12.7. The van der Waals surface area contributed by atoms with Gasteiger partial charge in [-0.1, -0.05) is 53.3 Å². The number of amides is 2. The number of aryl methyl sites for hydroxylation is 2. The molecular weight excluding hydrogens is 484 g/mol. The van der Waals surface area contributed by atoms with Gasteiger partial charge >= 0.3 is 6.03 Å². The third-order valence-electron chi connectivity index (χ3n) is 6.14. The number of rotatable bonds is 4. The standard InChI is InChI=1S/C25H25ClN6O2S/c1-16-5-3-4-6-20(16)23-29-32-22(33)14-19(28-25(32)35-23)15-30-9-11-31(12-10-30)24(34)27-18-8-7-17(2)21(26)13-18/h3-8,13-14H,9-12,15H2,1-2H3,(H,27,34). The summed E-state index contributed by atoms with van der Waals surface area (Å²) < 4.78 is 1.37. The van der Waals surface area contributed by atoms with Crippen molar-refractivity contribution in [3.05, 3.63) is 80.7 Å². The Labute approximate surface area is 211 Å². The molecule has 0 saturated carbocycles. The molecule has 1 aliphatic heterocycles. The Morgan fingerprint density at radius 2 is 1.83 bits per heavy atom. The molecule has 0 radical (unpaired) electrons. The smallest absolute Gasteiger partial charge is 0.321 e. The molecule has 0 aliphatic carbocycles. The number of aromatic nitrogens is 3. The molecule has 3 heterocycles. The van der Waals surface area contributed by atoms with Gasteiger partial charge < -0.3 is 10.2 Å². The van der Waals surface area contributed by atoms with E-state index in [2.05, 4.69) is 15.3 Å². The average Bonchev–Trinajstić information content (AvgIpc) is 3.27. The van der Waals surface area contributed by atoms with Crippen molar-refractivity contribution in [1.29, 1.82) is 0 Å². The van der Waals surface area contributed by atoms with E-state index in [9.17, 15) is 9.59 Å². The molecular formula is C25H25ClN6O2S. The Morgan fingerprint density at radius 3 is 2.57 bits per heavy atom. The van der Waals surface area contributed by atoms with Crippen LogP contribution in [0.1, 0.15) is 16.8 Å². The lowest BCUT2D eigenvalue weighted by atomic mass is 10.1. The van der Waals surface area contributed by atoms with E-state index in [1.54, 1.807) is 17.0 Å². The highest BCUT2D eigenvalue weighted by Crippen LogP contribution is 2.27. The largest absolute Gasteiger partial charge is 0.322 e. The lowest BCUT2D eigenvalue weighted by Crippen LogP contribution is -2.49. The van der Waals surface area contributed by atoms with Gasteiger partial charge in [0.1, 0.15) is 5.01 Å². The van der Waals surface area contributed by atoms with E-state index in [1.165, 1.54) is 15.9 Å². The molecule has 2 aromatic heterocycles. The fraction of sp³-hybridized carbons (Fsp3) is 0.280. The summed E-state index contributed by atoms with van der Waals surface area (Å²) in [6.07, 6.45) is 0. The Morgan fingerprint density at radius 1 is 1.06 bits per heavy atom. The van der Waals surface area contributed by atoms with Crippen LogP contribution in [0.15, 0.2) is 53.3 Å². The summed E-state index contributed by atoms with van der Waals surface area (Å²) in [6, 6.07) is 14.9. The van der Waals surface area contributed by atoms with E-state index >= 15 is 0 Å². The Balaban J connectivity index is 1.23. The number of benzene rings is 2. The van der Waals surface area contributed by atoms with Crippen molar-refractivity contribution < 1.29 is 4.79 Å². The highest BCUT2D eigenvalue weighted by molar-refractivity contribution is 7.19. The van der Waals surface area contributed by atoms with Gasteiger partial charge in [0.25, 0.3) is 5.56 Å². The Hall–Kier alpha value is -3.27. The van der Waals surface area contributed by atoms with Crippen molar-refractivity contribution in [2.24, 2.45) is 0 Å². The SMILES string of the molecule is Cc1ccc(NC(=O)N2CCN(Cc3cc(=O)n4nc(-c5ccccc5C)sc4n3)CC2)cc1Cl. The van der Waals surface area contributed by atoms with Gasteiger partial charge in [-0.2, -0.15) is 9.61 Å². The van der Waals surface area contributed by atoms with Crippen LogP contribution in [0, 0.1) is 13.8 Å². The second kappa shape index (κ2) is 9.77. The first-order valence-electron chi connectivity index (χ1n) is 11.4. The van der Waals surface area contributed by atoms with Crippen LogP contribution < -0.4 is 10.9 Å². The Bertz CT molecular complexity index is 1460. The zero-order valence-electron chi connectivity index (χ0n) is 19.5. The minimum absolute atomic E-state index is 0.143. The molecule has 10 heteroatoms. The van der Waals surface area contributed by atoms with Gasteiger partial charge in [0.2, 0.25) is 4.96 Å². The minimum Gasteiger partial charge on any atom is -0.322 e. The average molecular weight is 509 g/mol. The predicted molar refractivity (Wildman–Crippen MR) is 139 cm³/mol. The molecule has 2 aromatic carbocycles. The van der Waals surface area contributed by atoms with Gasteiger partial charge in [-0.3, -0.25) is 9.69 Å². The summed E-state index contributed by atoms with van der Waals surface area (Å²) in [4.78, 5) is 34.6. The van der Waals surface area contributed by atoms with Gasteiger partial charge in [-0.25, -0.2) is 9.78 Å². The maximum Gasteiger partial charge on any atom is 0.321 e. The molecule has 0 unspecified atom stereocenters. The second-order valence-corrected chi connectivity index (χ2v) is 10.0. The number of urea groups is 1. The normalized spacial score (nSPS) is 14.4. The molecule has 5 rings (SSSR count). The van der Waals surface area contributed by atoms with Crippen LogP contribution in [0.5, 0.6) is 0 Å². The van der Waals surface area contributed by atoms with E-state index in [4.69, 9.17) is 16.6 Å². The van der Waals surface area contributed by atoms with Crippen molar-refractivity contribution in [1.82, 2.24) is 24.4 Å². The topological polar surface area (TPSA) is 82.8 Å². The van der Waals surface area contributed by atoms with Crippen LogP contribution in [-0.4, -0.2) is 56.6 Å². The summed E-state index contributed by atoms with van der Waals surface area (Å²) in [5.74, 6) is 0. The summed E-state index contributed by atoms with van der Waals surface area (Å²) in [6.45, 7) is 7.06. The van der Waals surface area contributed by atoms with E-state index in [-0.39, 0.29) is 11.6 Å². The number of hydrogen-bond acceptors (Lipinski definition) is 6. The Kier molecular flexibility index (Phi) is 6.55. The van der Waals surface area contributed by atoms with Gasteiger partial charge in [0, 0.05) is 55.1 Å². The van der Waals surface area contributed by atoms with Gasteiger partial charge in [-0.15, -0.1) is 0 Å². The van der Waals surface area contributed by atoms with E-state index < -0.39 is 0 Å². The predicted octanol–water partition coefficient (Wildman–Crippen LogP) is 4.44. The lowest BCUT2D eigenvalue weighted by molar-refractivity contribution is 0.142. The minimum atomic E-state index is -0.184. The van der Waals surface area contributed by atoms with Crippen LogP contribution in [0.4, 0.5) is 10.5 Å². The van der Waals surface area contributed by atoms with E-state index in [0.29, 0.717) is 54.1 Å². The zero-order valence-corrected chi connectivity index (χ0v) is 21.1. The first-order chi connectivity index (χ1) is 16.9. The molecule has 0 atom stereocenters. The van der Waals surface area contributed by atoms with Crippen LogP contribution in [0.25, 0.3) is 15.5 Å². The number of nitrogens with one attached hydrogen (secondary N) is 1. The van der Waals surface area contributed by atoms with Crippen molar-refractivity contribution in [2.45, 2.75) is 20.4 Å². The van der Waals surface area contributed by atoms with Gasteiger partial charge in [-0.05, 0) is 37.1 Å². The zero-order chi connectivity index (χ0) is 24.5. The lowest BCUT2D eigenvalue weighted by Gasteiger charge is -2.34. The molecule has 2 amide bonds. The van der Waals surface area contributed by atoms with Gasteiger partial charge in [0.05, 0.1) is 5.69 Å². The summed E-state index contributed by atoms with van der Waals surface area (Å²) in [7, 11) is 0. The summed E-state index contributed by atoms with van der Waals surface area (Å²) >= 11 is 7.58. The first kappa shape index (κ1) is 23.5. The number of halogens is 1. The summed E-state index contributed by atoms with van der Waals surface area (Å²) in [5.41, 5.74) is 4.28. The summed E-state index contributed by atoms with van der Waals surface area (Å²) in [5, 5.41) is 8.81. The molecule has 4 aromatic rings. The molecule has 0 bridgehead atoms. The number of carbonyl (C=O) groups excluding carboxylic acids is 1. The highest BCUT2D eigenvalue weighted by Gasteiger charge is 2.22. The first-order valence-corrected chi connectivity index (χ1v) is 12.6. The van der Waals surface area contributed by atoms with Gasteiger partial charge in [0.15, 0.2) is 0 Å². The molecule has 180 valence electrons. The fourth-order valence-electron chi connectivity index (χ4n) is 4.07. The number of fused-ring (bicyclic) bond motifs is 1. The highest BCUT2D eigenvalue weighted by atomic mass is 35.5. The van der Waals surface area contributed by atoms with Crippen LogP contribution in [-0.2, 0) is 6.54 Å². The van der Waals surface area contributed by atoms with Crippen LogP contribution in [0.3, 0.4) is 0 Å². The molecule has 8 nitrogen and oxygen atoms in total. The quantitative estimate of drug-likeness (QED) is 0.440. The number of nitrogens with zero attached hydrogens (tertiary/aromatic N) is 5. The van der Waals surface area contributed by atoms with E-state index in [0.717, 1.165) is 21.7 Å². The molecule has 35 heavy (non-hydrogen) atoms. The number of anilines is 1. The molecule has 1 fully saturated rings. The number of carbonyl (C=O) groups is 1. The fourth-order valence-corrected chi connectivity index (χ4v) is 5.27. The molecule has 1 N–H and O–H groups in total. The van der Waals surface area contributed by atoms with Crippen molar-refractivity contribution in [3.8, 4) is 10.6 Å². The van der Waals surface area contributed by atoms with Crippen molar-refractivity contribution >= 4 is 39.6 Å². The van der Waals surface area contributed by atoms with E-state index in [1.807, 2.05) is 50.2 Å². The third-order valence-corrected chi connectivity index (χ3v) is 7.49. The van der Waals surface area contributed by atoms with Crippen molar-refractivity contribution in [2.75, 3.05) is 31.5 Å². The van der Waals surface area contributed by atoms with Crippen LogP contribution >= 0.6 is 22.9 Å². The van der Waals surface area contributed by atoms with Crippen molar-refractivity contribution in [3.63, 3.8) is 0 Å². The molecule has 1 saturated heterocycles. The third kappa shape index (κ3) is 5.07. The number of hydrogen-bond donors (Lipinski definition) is 1. The molecule has 1 aliphatic rings. The number of piperazine rings is 1. The molecule has 0 spiro atoms. The van der Waals surface area contributed by atoms with Crippen LogP contribution in [0.2, 0.25) is 5.02 Å². The monoisotopic (exact) mass is 508 g/mol. The maximum atomic E-state index is 12.7. The second-order valence-electron chi connectivity index (χ2n) is 8.66.